The van der Waals surface area contributed by atoms with Gasteiger partial charge >= 0.3 is 0 Å². The van der Waals surface area contributed by atoms with E-state index in [0.717, 1.165) is 11.4 Å². The van der Waals surface area contributed by atoms with Gasteiger partial charge in [0.05, 0.1) is 11.2 Å². The number of imidazole rings is 1. The highest BCUT2D eigenvalue weighted by molar-refractivity contribution is 7.12. The molecule has 0 aliphatic heterocycles. The lowest BCUT2D eigenvalue weighted by Crippen LogP contribution is -2.09. The number of benzene rings is 1. The summed E-state index contributed by atoms with van der Waals surface area (Å²) in [7, 11) is 0. The second kappa shape index (κ2) is 5.07. The van der Waals surface area contributed by atoms with Crippen molar-refractivity contribution in [1.82, 2.24) is 9.55 Å². The monoisotopic (exact) mass is 269 g/mol. The molecule has 0 aliphatic carbocycles. The fraction of sp³-hybridized carbons (Fsp3) is 0. The van der Waals surface area contributed by atoms with Crippen molar-refractivity contribution in [2.24, 2.45) is 0 Å². The summed E-state index contributed by atoms with van der Waals surface area (Å²) >= 11 is 1.43. The smallest absolute Gasteiger partial charge is 0.265 e. The van der Waals surface area contributed by atoms with Gasteiger partial charge in [0, 0.05) is 23.8 Å². The van der Waals surface area contributed by atoms with E-state index in [0.29, 0.717) is 4.88 Å². The molecule has 19 heavy (non-hydrogen) atoms. The minimum absolute atomic E-state index is 0.0784. The highest BCUT2D eigenvalue weighted by Crippen LogP contribution is 2.15. The molecule has 4 nitrogen and oxygen atoms in total. The number of nitrogens with zero attached hydrogens (tertiary/aromatic N) is 2. The molecule has 0 fully saturated rings. The lowest BCUT2D eigenvalue weighted by molar-refractivity contribution is 0.103. The zero-order valence-electron chi connectivity index (χ0n) is 9.98. The third-order valence-corrected chi connectivity index (χ3v) is 3.54. The van der Waals surface area contributed by atoms with Gasteiger partial charge in [0.25, 0.3) is 5.91 Å². The van der Waals surface area contributed by atoms with E-state index in [1.807, 2.05) is 46.5 Å². The van der Waals surface area contributed by atoms with Crippen molar-refractivity contribution in [2.75, 3.05) is 5.32 Å². The topological polar surface area (TPSA) is 46.9 Å². The molecule has 1 amide bonds. The standard InChI is InChI=1S/C14H11N3OS/c18-14(13-2-1-9-19-13)16-11-3-5-12(6-4-11)17-8-7-15-10-17/h1-10H,(H,16,18). The molecular formula is C14H11N3OS. The molecule has 0 unspecified atom stereocenters. The Labute approximate surface area is 114 Å². The molecule has 0 saturated carbocycles. The average molecular weight is 269 g/mol. The summed E-state index contributed by atoms with van der Waals surface area (Å²) in [4.78, 5) is 16.6. The van der Waals surface area contributed by atoms with Crippen molar-refractivity contribution in [1.29, 1.82) is 0 Å². The maximum Gasteiger partial charge on any atom is 0.265 e. The fourth-order valence-electron chi connectivity index (χ4n) is 1.73. The van der Waals surface area contributed by atoms with E-state index in [2.05, 4.69) is 10.3 Å². The predicted molar refractivity (Wildman–Crippen MR) is 75.8 cm³/mol. The number of aromatic nitrogens is 2. The van der Waals surface area contributed by atoms with Crippen LogP contribution >= 0.6 is 11.3 Å². The van der Waals surface area contributed by atoms with Crippen molar-refractivity contribution in [2.45, 2.75) is 0 Å². The zero-order valence-corrected chi connectivity index (χ0v) is 10.8. The van der Waals surface area contributed by atoms with Crippen molar-refractivity contribution >= 4 is 22.9 Å². The normalized spacial score (nSPS) is 10.3. The Balaban J connectivity index is 1.75. The van der Waals surface area contributed by atoms with Gasteiger partial charge in [-0.15, -0.1) is 11.3 Å². The van der Waals surface area contributed by atoms with E-state index in [-0.39, 0.29) is 5.91 Å². The summed E-state index contributed by atoms with van der Waals surface area (Å²) in [6, 6.07) is 11.3. The SMILES string of the molecule is O=C(Nc1ccc(-n2ccnc2)cc1)c1cccs1. The minimum atomic E-state index is -0.0784. The van der Waals surface area contributed by atoms with Crippen LogP contribution < -0.4 is 5.32 Å². The molecule has 0 aliphatic rings. The molecule has 0 radical (unpaired) electrons. The second-order valence-corrected chi connectivity index (χ2v) is 4.90. The summed E-state index contributed by atoms with van der Waals surface area (Å²) in [6.07, 6.45) is 5.34. The Morgan fingerprint density at radius 2 is 2.05 bits per heavy atom. The number of nitrogens with one attached hydrogen (secondary N) is 1. The van der Waals surface area contributed by atoms with Crippen LogP contribution in [0.4, 0.5) is 5.69 Å². The van der Waals surface area contributed by atoms with E-state index in [9.17, 15) is 4.79 Å². The van der Waals surface area contributed by atoms with Crippen LogP contribution in [0.5, 0.6) is 0 Å². The van der Waals surface area contributed by atoms with Gasteiger partial charge in [-0.2, -0.15) is 0 Å². The predicted octanol–water partition coefficient (Wildman–Crippen LogP) is 3.19. The maximum atomic E-state index is 11.9. The number of amides is 1. The maximum absolute atomic E-state index is 11.9. The van der Waals surface area contributed by atoms with Crippen molar-refractivity contribution in [3.63, 3.8) is 0 Å². The number of carbonyl (C=O) groups is 1. The molecular weight excluding hydrogens is 258 g/mol. The molecule has 0 atom stereocenters. The van der Waals surface area contributed by atoms with Gasteiger partial charge < -0.3 is 9.88 Å². The molecule has 0 spiro atoms. The quantitative estimate of drug-likeness (QED) is 0.793. The number of carbonyl (C=O) groups excluding carboxylic acids is 1. The van der Waals surface area contributed by atoms with Crippen LogP contribution in [0.2, 0.25) is 0 Å². The number of rotatable bonds is 3. The number of anilines is 1. The molecule has 2 aromatic heterocycles. The summed E-state index contributed by atoms with van der Waals surface area (Å²) in [5, 5.41) is 4.75. The fourth-order valence-corrected chi connectivity index (χ4v) is 2.35. The molecule has 5 heteroatoms. The van der Waals surface area contributed by atoms with E-state index in [4.69, 9.17) is 0 Å². The summed E-state index contributed by atoms with van der Waals surface area (Å²) < 4.78 is 1.91. The van der Waals surface area contributed by atoms with Crippen LogP contribution in [0.25, 0.3) is 5.69 Å². The first-order valence-corrected chi connectivity index (χ1v) is 6.64. The van der Waals surface area contributed by atoms with Crippen molar-refractivity contribution in [3.8, 4) is 5.69 Å². The summed E-state index contributed by atoms with van der Waals surface area (Å²) in [6.45, 7) is 0. The van der Waals surface area contributed by atoms with Gasteiger partial charge in [-0.1, -0.05) is 6.07 Å². The van der Waals surface area contributed by atoms with Gasteiger partial charge in [0.1, 0.15) is 0 Å². The van der Waals surface area contributed by atoms with Crippen LogP contribution in [0, 0.1) is 0 Å². The summed E-state index contributed by atoms with van der Waals surface area (Å²) in [5.74, 6) is -0.0784. The van der Waals surface area contributed by atoms with Crippen molar-refractivity contribution < 1.29 is 4.79 Å². The van der Waals surface area contributed by atoms with Crippen molar-refractivity contribution in [3.05, 3.63) is 65.4 Å². The minimum Gasteiger partial charge on any atom is -0.321 e. The number of hydrogen-bond donors (Lipinski definition) is 1. The average Bonchev–Trinajstić information content (AvgIpc) is 3.13. The van der Waals surface area contributed by atoms with Crippen LogP contribution in [-0.2, 0) is 0 Å². The molecule has 1 N–H and O–H groups in total. The Bertz CT molecular complexity index is 657. The van der Waals surface area contributed by atoms with Crippen LogP contribution in [0.15, 0.2) is 60.5 Å². The number of hydrogen-bond acceptors (Lipinski definition) is 3. The molecule has 0 saturated heterocycles. The van der Waals surface area contributed by atoms with Crippen LogP contribution in [0.3, 0.4) is 0 Å². The summed E-state index contributed by atoms with van der Waals surface area (Å²) in [5.41, 5.74) is 1.79. The number of thiophene rings is 1. The molecule has 2 heterocycles. The third kappa shape index (κ3) is 2.56. The first-order chi connectivity index (χ1) is 9.33. The molecule has 3 rings (SSSR count). The third-order valence-electron chi connectivity index (χ3n) is 2.67. The van der Waals surface area contributed by atoms with E-state index >= 15 is 0 Å². The highest BCUT2D eigenvalue weighted by Gasteiger charge is 2.06. The highest BCUT2D eigenvalue weighted by atomic mass is 32.1. The Morgan fingerprint density at radius 3 is 2.68 bits per heavy atom. The molecule has 0 bridgehead atoms. The van der Waals surface area contributed by atoms with E-state index in [1.165, 1.54) is 11.3 Å². The molecule has 94 valence electrons. The first-order valence-electron chi connectivity index (χ1n) is 5.76. The lowest BCUT2D eigenvalue weighted by atomic mass is 10.2. The lowest BCUT2D eigenvalue weighted by Gasteiger charge is -2.06. The van der Waals surface area contributed by atoms with E-state index in [1.54, 1.807) is 18.6 Å². The van der Waals surface area contributed by atoms with Crippen LogP contribution in [0.1, 0.15) is 9.67 Å². The Morgan fingerprint density at radius 1 is 1.21 bits per heavy atom. The zero-order chi connectivity index (χ0) is 13.1. The van der Waals surface area contributed by atoms with E-state index < -0.39 is 0 Å². The van der Waals surface area contributed by atoms with Gasteiger partial charge in [0.2, 0.25) is 0 Å². The Hall–Kier alpha value is -2.40. The van der Waals surface area contributed by atoms with Crippen LogP contribution in [-0.4, -0.2) is 15.5 Å². The van der Waals surface area contributed by atoms with Gasteiger partial charge in [-0.05, 0) is 35.7 Å². The van der Waals surface area contributed by atoms with Gasteiger partial charge in [-0.3, -0.25) is 4.79 Å². The Kier molecular flexibility index (Phi) is 3.12. The van der Waals surface area contributed by atoms with Gasteiger partial charge in [0.15, 0.2) is 0 Å². The molecule has 1 aromatic carbocycles. The van der Waals surface area contributed by atoms with Gasteiger partial charge in [-0.25, -0.2) is 4.98 Å². The molecule has 3 aromatic rings. The second-order valence-electron chi connectivity index (χ2n) is 3.95. The first kappa shape index (κ1) is 11.7. The largest absolute Gasteiger partial charge is 0.321 e.